The Labute approximate surface area is 88.8 Å². The quantitative estimate of drug-likeness (QED) is 0.804. The minimum atomic E-state index is 0.497. The van der Waals surface area contributed by atoms with Crippen LogP contribution in [0.5, 0.6) is 0 Å². The van der Waals surface area contributed by atoms with E-state index in [9.17, 15) is 0 Å². The zero-order chi connectivity index (χ0) is 10.5. The van der Waals surface area contributed by atoms with Crippen molar-refractivity contribution in [2.24, 2.45) is 5.73 Å². The summed E-state index contributed by atoms with van der Waals surface area (Å²) in [5.41, 5.74) is 7.51. The molecule has 15 heavy (non-hydrogen) atoms. The van der Waals surface area contributed by atoms with E-state index in [1.54, 1.807) is 0 Å². The van der Waals surface area contributed by atoms with Crippen molar-refractivity contribution in [1.82, 2.24) is 14.5 Å². The molecule has 0 radical (unpaired) electrons. The predicted molar refractivity (Wildman–Crippen MR) is 58.1 cm³/mol. The van der Waals surface area contributed by atoms with E-state index in [1.165, 1.54) is 0 Å². The molecule has 4 nitrogen and oxygen atoms in total. The molecule has 0 atom stereocenters. The summed E-state index contributed by atoms with van der Waals surface area (Å²) in [6.45, 7) is 1.39. The fraction of sp³-hybridized carbons (Fsp3) is 0.273. The highest BCUT2D eigenvalue weighted by atomic mass is 15.0. The molecule has 4 heteroatoms. The van der Waals surface area contributed by atoms with Crippen molar-refractivity contribution >= 4 is 0 Å². The zero-order valence-electron chi connectivity index (χ0n) is 8.50. The van der Waals surface area contributed by atoms with Crippen LogP contribution in [0.15, 0.2) is 36.9 Å². The average Bonchev–Trinajstić information content (AvgIpc) is 2.76. The molecule has 0 aromatic carbocycles. The molecule has 0 amide bonds. The third kappa shape index (κ3) is 2.63. The van der Waals surface area contributed by atoms with Crippen LogP contribution in [-0.2, 0) is 19.5 Å². The average molecular weight is 202 g/mol. The van der Waals surface area contributed by atoms with Gasteiger partial charge in [0.1, 0.15) is 0 Å². The first kappa shape index (κ1) is 9.86. The summed E-state index contributed by atoms with van der Waals surface area (Å²) in [5, 5.41) is 0. The number of hydrogen-bond donors (Lipinski definition) is 1. The van der Waals surface area contributed by atoms with Crippen LogP contribution in [0.3, 0.4) is 0 Å². The number of nitrogens with two attached hydrogens (primary N) is 1. The number of pyridine rings is 1. The molecule has 0 fully saturated rings. The number of imidazole rings is 1. The van der Waals surface area contributed by atoms with Crippen LogP contribution in [0, 0.1) is 0 Å². The highest BCUT2D eigenvalue weighted by molar-refractivity contribution is 5.04. The molecule has 0 aliphatic heterocycles. The van der Waals surface area contributed by atoms with Crippen molar-refractivity contribution in [3.05, 3.63) is 48.3 Å². The molecule has 78 valence electrons. The maximum absolute atomic E-state index is 5.48. The van der Waals surface area contributed by atoms with E-state index in [0.717, 1.165) is 24.4 Å². The molecule has 0 saturated heterocycles. The van der Waals surface area contributed by atoms with E-state index in [2.05, 4.69) is 9.97 Å². The van der Waals surface area contributed by atoms with Crippen molar-refractivity contribution in [3.8, 4) is 0 Å². The highest BCUT2D eigenvalue weighted by Gasteiger charge is 1.97. The lowest BCUT2D eigenvalue weighted by Crippen LogP contribution is -2.00. The molecule has 0 unspecified atom stereocenters. The molecule has 0 aliphatic rings. The van der Waals surface area contributed by atoms with Crippen LogP contribution >= 0.6 is 0 Å². The lowest BCUT2D eigenvalue weighted by atomic mass is 10.3. The zero-order valence-corrected chi connectivity index (χ0v) is 8.50. The Bertz CT molecular complexity index is 408. The summed E-state index contributed by atoms with van der Waals surface area (Å²) in [4.78, 5) is 8.43. The number of nitrogens with zero attached hydrogens (tertiary/aromatic N) is 3. The number of aromatic nitrogens is 3. The van der Waals surface area contributed by atoms with Crippen molar-refractivity contribution < 1.29 is 0 Å². The molecule has 0 aliphatic carbocycles. The van der Waals surface area contributed by atoms with Gasteiger partial charge in [0.15, 0.2) is 0 Å². The van der Waals surface area contributed by atoms with E-state index < -0.39 is 0 Å². The van der Waals surface area contributed by atoms with Gasteiger partial charge in [0.25, 0.3) is 0 Å². The van der Waals surface area contributed by atoms with Crippen molar-refractivity contribution in [2.75, 3.05) is 0 Å². The second-order valence-electron chi connectivity index (χ2n) is 3.38. The van der Waals surface area contributed by atoms with Gasteiger partial charge in [0.05, 0.1) is 12.0 Å². The van der Waals surface area contributed by atoms with Crippen molar-refractivity contribution in [2.45, 2.75) is 19.5 Å². The lowest BCUT2D eigenvalue weighted by Gasteiger charge is -2.00. The molecule has 0 bridgehead atoms. The first-order valence-electron chi connectivity index (χ1n) is 4.99. The number of hydrogen-bond acceptors (Lipinski definition) is 3. The second kappa shape index (κ2) is 4.70. The summed E-state index contributed by atoms with van der Waals surface area (Å²) >= 11 is 0. The first-order valence-corrected chi connectivity index (χ1v) is 4.99. The van der Waals surface area contributed by atoms with Gasteiger partial charge in [0, 0.05) is 37.6 Å². The minimum absolute atomic E-state index is 0.497. The maximum Gasteiger partial charge on any atom is 0.0950 e. The van der Waals surface area contributed by atoms with Gasteiger partial charge >= 0.3 is 0 Å². The summed E-state index contributed by atoms with van der Waals surface area (Å²) in [6, 6.07) is 5.95. The van der Waals surface area contributed by atoms with Crippen molar-refractivity contribution in [3.63, 3.8) is 0 Å². The third-order valence-corrected chi connectivity index (χ3v) is 2.25. The predicted octanol–water partition coefficient (Wildman–Crippen LogP) is 0.979. The van der Waals surface area contributed by atoms with E-state index in [4.69, 9.17) is 5.73 Å². The molecule has 2 aromatic heterocycles. The Hall–Kier alpha value is -1.68. The molecule has 0 saturated carbocycles. The van der Waals surface area contributed by atoms with Crippen LogP contribution < -0.4 is 5.73 Å². The normalized spacial score (nSPS) is 10.5. The Morgan fingerprint density at radius 2 is 2.13 bits per heavy atom. The summed E-state index contributed by atoms with van der Waals surface area (Å²) in [5.74, 6) is 0. The Kier molecular flexibility index (Phi) is 3.09. The molecule has 2 aromatic rings. The van der Waals surface area contributed by atoms with Gasteiger partial charge in [-0.25, -0.2) is 4.98 Å². The number of rotatable bonds is 4. The van der Waals surface area contributed by atoms with E-state index in [1.807, 2.05) is 41.5 Å². The van der Waals surface area contributed by atoms with Gasteiger partial charge < -0.3 is 10.3 Å². The largest absolute Gasteiger partial charge is 0.337 e. The van der Waals surface area contributed by atoms with E-state index >= 15 is 0 Å². The monoisotopic (exact) mass is 202 g/mol. The minimum Gasteiger partial charge on any atom is -0.337 e. The molecular formula is C11H14N4. The Morgan fingerprint density at radius 1 is 1.20 bits per heavy atom. The lowest BCUT2D eigenvalue weighted by molar-refractivity contribution is 0.684. The van der Waals surface area contributed by atoms with Crippen LogP contribution in [-0.4, -0.2) is 14.5 Å². The summed E-state index contributed by atoms with van der Waals surface area (Å²) in [7, 11) is 0. The summed E-state index contributed by atoms with van der Waals surface area (Å²) < 4.78 is 2.04. The van der Waals surface area contributed by atoms with Crippen LogP contribution in [0.4, 0.5) is 0 Å². The van der Waals surface area contributed by atoms with E-state index in [-0.39, 0.29) is 0 Å². The van der Waals surface area contributed by atoms with Gasteiger partial charge in [-0.2, -0.15) is 0 Å². The van der Waals surface area contributed by atoms with Crippen molar-refractivity contribution in [1.29, 1.82) is 0 Å². The van der Waals surface area contributed by atoms with Gasteiger partial charge in [-0.15, -0.1) is 0 Å². The Morgan fingerprint density at radius 3 is 2.80 bits per heavy atom. The van der Waals surface area contributed by atoms with E-state index in [0.29, 0.717) is 6.54 Å². The van der Waals surface area contributed by atoms with Crippen LogP contribution in [0.1, 0.15) is 11.4 Å². The van der Waals surface area contributed by atoms with Gasteiger partial charge in [-0.3, -0.25) is 4.98 Å². The van der Waals surface area contributed by atoms with Crippen LogP contribution in [0.25, 0.3) is 0 Å². The molecule has 2 heterocycles. The number of aryl methyl sites for hydroxylation is 2. The SMILES string of the molecule is NCc1cn(CCc2ccccn2)cn1. The fourth-order valence-electron chi connectivity index (χ4n) is 1.42. The molecule has 0 spiro atoms. The topological polar surface area (TPSA) is 56.7 Å². The van der Waals surface area contributed by atoms with Gasteiger partial charge in [-0.1, -0.05) is 6.07 Å². The molecule has 2 N–H and O–H groups in total. The maximum atomic E-state index is 5.48. The summed E-state index contributed by atoms with van der Waals surface area (Å²) in [6.07, 6.45) is 6.52. The first-order chi connectivity index (χ1) is 7.38. The smallest absolute Gasteiger partial charge is 0.0950 e. The van der Waals surface area contributed by atoms with Crippen LogP contribution in [0.2, 0.25) is 0 Å². The fourth-order valence-corrected chi connectivity index (χ4v) is 1.42. The molecular weight excluding hydrogens is 188 g/mol. The molecule has 2 rings (SSSR count). The van der Waals surface area contributed by atoms with Gasteiger partial charge in [-0.05, 0) is 12.1 Å². The second-order valence-corrected chi connectivity index (χ2v) is 3.38. The Balaban J connectivity index is 1.93. The third-order valence-electron chi connectivity index (χ3n) is 2.25. The van der Waals surface area contributed by atoms with Gasteiger partial charge in [0.2, 0.25) is 0 Å². The standard InChI is InChI=1S/C11H14N4/c12-7-11-8-15(9-14-11)6-4-10-3-1-2-5-13-10/h1-3,5,8-9H,4,6-7,12H2. The highest BCUT2D eigenvalue weighted by Crippen LogP contribution is 1.99.